The Morgan fingerprint density at radius 3 is 2.62 bits per heavy atom. The zero-order valence-electron chi connectivity index (χ0n) is 19.0. The lowest BCUT2D eigenvalue weighted by Crippen LogP contribution is -2.44. The van der Waals surface area contributed by atoms with E-state index in [-0.39, 0.29) is 16.8 Å². The number of rotatable bonds is 7. The fraction of sp³-hybridized carbons (Fsp3) is 0.292. The highest BCUT2D eigenvalue weighted by Gasteiger charge is 2.16. The molecule has 34 heavy (non-hydrogen) atoms. The van der Waals surface area contributed by atoms with Crippen molar-refractivity contribution in [1.29, 1.82) is 0 Å². The molecule has 0 saturated carbocycles. The van der Waals surface area contributed by atoms with Gasteiger partial charge in [-0.15, -0.1) is 0 Å². The molecule has 0 unspecified atom stereocenters. The van der Waals surface area contributed by atoms with E-state index in [0.717, 1.165) is 31.9 Å². The fourth-order valence-electron chi connectivity index (χ4n) is 3.47. The van der Waals surface area contributed by atoms with Crippen LogP contribution in [0.5, 0.6) is 11.6 Å². The Morgan fingerprint density at radius 2 is 1.88 bits per heavy atom. The Hall–Kier alpha value is -3.07. The molecule has 0 spiro atoms. The minimum atomic E-state index is -0.0841. The third-order valence-electron chi connectivity index (χ3n) is 5.43. The SMILES string of the molecule is CCC(=O)Nc1cccc(Oc2nc(Nc3ccc(N4CCN(C)CC4)cc3Cl)ncc2Cl)c1. The largest absolute Gasteiger partial charge is 0.437 e. The predicted octanol–water partition coefficient (Wildman–Crippen LogP) is 5.42. The molecule has 1 aromatic heterocycles. The maximum atomic E-state index is 11.7. The first kappa shape index (κ1) is 24.1. The summed E-state index contributed by atoms with van der Waals surface area (Å²) in [5.41, 5.74) is 2.39. The van der Waals surface area contributed by atoms with E-state index in [2.05, 4.69) is 37.4 Å². The number of carbonyl (C=O) groups excluding carboxylic acids is 1. The van der Waals surface area contributed by atoms with Crippen LogP contribution in [-0.4, -0.2) is 54.0 Å². The van der Waals surface area contributed by atoms with Crippen molar-refractivity contribution >= 4 is 52.1 Å². The van der Waals surface area contributed by atoms with Crippen LogP contribution in [0.1, 0.15) is 13.3 Å². The van der Waals surface area contributed by atoms with Crippen LogP contribution in [0.15, 0.2) is 48.7 Å². The molecule has 1 fully saturated rings. The number of nitrogens with zero attached hydrogens (tertiary/aromatic N) is 4. The molecule has 8 nitrogen and oxygen atoms in total. The number of carbonyl (C=O) groups is 1. The lowest BCUT2D eigenvalue weighted by molar-refractivity contribution is -0.115. The molecule has 1 saturated heterocycles. The van der Waals surface area contributed by atoms with E-state index in [0.29, 0.717) is 34.5 Å². The van der Waals surface area contributed by atoms with Crippen LogP contribution < -0.4 is 20.3 Å². The Bertz CT molecular complexity index is 1170. The van der Waals surface area contributed by atoms with Gasteiger partial charge in [-0.1, -0.05) is 36.2 Å². The van der Waals surface area contributed by atoms with Crippen LogP contribution in [0.3, 0.4) is 0 Å². The second-order valence-corrected chi connectivity index (χ2v) is 8.77. The molecule has 1 aliphatic rings. The van der Waals surface area contributed by atoms with Gasteiger partial charge in [0.2, 0.25) is 17.7 Å². The van der Waals surface area contributed by atoms with E-state index in [1.54, 1.807) is 31.2 Å². The molecule has 2 heterocycles. The molecule has 4 rings (SSSR count). The molecule has 0 bridgehead atoms. The number of hydrogen-bond donors (Lipinski definition) is 2. The highest BCUT2D eigenvalue weighted by Crippen LogP contribution is 2.32. The Labute approximate surface area is 208 Å². The summed E-state index contributed by atoms with van der Waals surface area (Å²) in [6.45, 7) is 5.75. The molecule has 178 valence electrons. The van der Waals surface area contributed by atoms with E-state index in [1.165, 1.54) is 6.20 Å². The number of benzene rings is 2. The molecule has 0 aliphatic carbocycles. The number of anilines is 4. The third-order valence-corrected chi connectivity index (χ3v) is 6.00. The minimum absolute atomic E-state index is 0.0841. The van der Waals surface area contributed by atoms with Crippen molar-refractivity contribution in [1.82, 2.24) is 14.9 Å². The molecular weight excluding hydrogens is 475 g/mol. The van der Waals surface area contributed by atoms with E-state index >= 15 is 0 Å². The number of amides is 1. The lowest BCUT2D eigenvalue weighted by Gasteiger charge is -2.34. The van der Waals surface area contributed by atoms with Crippen LogP contribution in [0.4, 0.5) is 23.0 Å². The summed E-state index contributed by atoms with van der Waals surface area (Å²) in [5, 5.41) is 6.75. The maximum Gasteiger partial charge on any atom is 0.243 e. The van der Waals surface area contributed by atoms with Crippen molar-refractivity contribution in [3.8, 4) is 11.6 Å². The number of hydrogen-bond acceptors (Lipinski definition) is 7. The molecule has 2 N–H and O–H groups in total. The topological polar surface area (TPSA) is 82.6 Å². The van der Waals surface area contributed by atoms with Crippen molar-refractivity contribution in [3.05, 3.63) is 58.7 Å². The van der Waals surface area contributed by atoms with Crippen molar-refractivity contribution in [2.75, 3.05) is 48.8 Å². The van der Waals surface area contributed by atoms with Crippen LogP contribution in [-0.2, 0) is 4.79 Å². The standard InChI is InChI=1S/C24H26Cl2N6O2/c1-3-22(33)28-16-5-4-6-18(13-16)34-23-20(26)15-27-24(30-23)29-21-8-7-17(14-19(21)25)32-11-9-31(2)10-12-32/h4-8,13-15H,3,9-12H2,1-2H3,(H,28,33)(H,27,29,30). The molecule has 0 radical (unpaired) electrons. The summed E-state index contributed by atoms with van der Waals surface area (Å²) in [4.78, 5) is 24.9. The van der Waals surface area contributed by atoms with Crippen molar-refractivity contribution in [2.24, 2.45) is 0 Å². The summed E-state index contributed by atoms with van der Waals surface area (Å²) in [6, 6.07) is 12.9. The van der Waals surface area contributed by atoms with Gasteiger partial charge in [0.1, 0.15) is 10.8 Å². The van der Waals surface area contributed by atoms with Crippen LogP contribution in [0.25, 0.3) is 0 Å². The van der Waals surface area contributed by atoms with Gasteiger partial charge >= 0.3 is 0 Å². The van der Waals surface area contributed by atoms with E-state index in [4.69, 9.17) is 27.9 Å². The summed E-state index contributed by atoms with van der Waals surface area (Å²) in [6.07, 6.45) is 1.85. The summed E-state index contributed by atoms with van der Waals surface area (Å²) < 4.78 is 5.86. The first-order valence-electron chi connectivity index (χ1n) is 11.0. The average Bonchev–Trinajstić information content (AvgIpc) is 2.83. The Morgan fingerprint density at radius 1 is 1.09 bits per heavy atom. The zero-order chi connectivity index (χ0) is 24.1. The van der Waals surface area contributed by atoms with Crippen LogP contribution >= 0.6 is 23.2 Å². The molecule has 2 aromatic carbocycles. The number of ether oxygens (including phenoxy) is 1. The number of halogens is 2. The van der Waals surface area contributed by atoms with Gasteiger partial charge in [0.25, 0.3) is 0 Å². The highest BCUT2D eigenvalue weighted by atomic mass is 35.5. The molecule has 1 amide bonds. The van der Waals surface area contributed by atoms with Gasteiger partial charge in [-0.05, 0) is 37.4 Å². The first-order chi connectivity index (χ1) is 16.4. The molecule has 0 atom stereocenters. The minimum Gasteiger partial charge on any atom is -0.437 e. The second-order valence-electron chi connectivity index (χ2n) is 7.96. The molecule has 3 aromatic rings. The summed E-state index contributed by atoms with van der Waals surface area (Å²) >= 11 is 12.8. The van der Waals surface area contributed by atoms with E-state index in [9.17, 15) is 4.79 Å². The maximum absolute atomic E-state index is 11.7. The number of likely N-dealkylation sites (N-methyl/N-ethyl adjacent to an activating group) is 1. The van der Waals surface area contributed by atoms with Gasteiger partial charge < -0.3 is 25.2 Å². The Kier molecular flexibility index (Phi) is 7.72. The fourth-order valence-corrected chi connectivity index (χ4v) is 3.82. The predicted molar refractivity (Wildman–Crippen MR) is 137 cm³/mol. The van der Waals surface area contributed by atoms with Gasteiger partial charge in [0.05, 0.1) is 16.9 Å². The van der Waals surface area contributed by atoms with Crippen molar-refractivity contribution < 1.29 is 9.53 Å². The monoisotopic (exact) mass is 500 g/mol. The molecule has 10 heteroatoms. The number of piperazine rings is 1. The van der Waals surface area contributed by atoms with Gasteiger partial charge in [0, 0.05) is 50.0 Å². The number of aromatic nitrogens is 2. The van der Waals surface area contributed by atoms with Crippen LogP contribution in [0, 0.1) is 0 Å². The lowest BCUT2D eigenvalue weighted by atomic mass is 10.2. The van der Waals surface area contributed by atoms with Crippen molar-refractivity contribution in [3.63, 3.8) is 0 Å². The smallest absolute Gasteiger partial charge is 0.243 e. The van der Waals surface area contributed by atoms with E-state index in [1.807, 2.05) is 18.2 Å². The summed E-state index contributed by atoms with van der Waals surface area (Å²) in [5.74, 6) is 0.877. The summed E-state index contributed by atoms with van der Waals surface area (Å²) in [7, 11) is 2.13. The van der Waals surface area contributed by atoms with Gasteiger partial charge in [-0.2, -0.15) is 4.98 Å². The zero-order valence-corrected chi connectivity index (χ0v) is 20.5. The first-order valence-corrected chi connectivity index (χ1v) is 11.8. The molecule has 1 aliphatic heterocycles. The number of nitrogens with one attached hydrogen (secondary N) is 2. The van der Waals surface area contributed by atoms with E-state index < -0.39 is 0 Å². The normalized spacial score (nSPS) is 14.1. The quantitative estimate of drug-likeness (QED) is 0.448. The average molecular weight is 501 g/mol. The molecular formula is C24H26Cl2N6O2. The Balaban J connectivity index is 1.47. The van der Waals surface area contributed by atoms with Gasteiger partial charge in [-0.25, -0.2) is 4.98 Å². The second kappa shape index (κ2) is 10.9. The van der Waals surface area contributed by atoms with Gasteiger partial charge in [0.15, 0.2) is 0 Å². The van der Waals surface area contributed by atoms with Gasteiger partial charge in [-0.3, -0.25) is 4.79 Å². The van der Waals surface area contributed by atoms with Crippen LogP contribution in [0.2, 0.25) is 10.0 Å². The van der Waals surface area contributed by atoms with Crippen molar-refractivity contribution in [2.45, 2.75) is 13.3 Å². The third kappa shape index (κ3) is 6.08. The highest BCUT2D eigenvalue weighted by molar-refractivity contribution is 6.33.